The second-order valence-corrected chi connectivity index (χ2v) is 3.75. The van der Waals surface area contributed by atoms with Crippen LogP contribution in [0.4, 0.5) is 11.5 Å². The largest absolute Gasteiger partial charge is 0.463 e. The SMILES string of the molecule is c1cncc(Nc2cccc(-c3ccco3)n2)c1. The van der Waals surface area contributed by atoms with Crippen LogP contribution in [0.15, 0.2) is 65.5 Å². The number of rotatable bonds is 3. The molecule has 4 nitrogen and oxygen atoms in total. The first kappa shape index (κ1) is 10.5. The van der Waals surface area contributed by atoms with Crippen LogP contribution in [0, 0.1) is 0 Å². The molecule has 0 fully saturated rings. The maximum absolute atomic E-state index is 5.32. The molecule has 3 aromatic rings. The summed E-state index contributed by atoms with van der Waals surface area (Å²) in [7, 11) is 0. The molecular weight excluding hydrogens is 226 g/mol. The minimum atomic E-state index is 0.754. The Labute approximate surface area is 104 Å². The minimum Gasteiger partial charge on any atom is -0.463 e. The fourth-order valence-electron chi connectivity index (χ4n) is 1.65. The molecule has 0 amide bonds. The van der Waals surface area contributed by atoms with E-state index in [2.05, 4.69) is 15.3 Å². The van der Waals surface area contributed by atoms with Crippen molar-refractivity contribution in [3.63, 3.8) is 0 Å². The maximum atomic E-state index is 5.32. The molecular formula is C14H11N3O. The molecule has 88 valence electrons. The predicted octanol–water partition coefficient (Wildman–Crippen LogP) is 3.48. The number of nitrogens with zero attached hydrogens (tertiary/aromatic N) is 2. The van der Waals surface area contributed by atoms with Gasteiger partial charge in [0.1, 0.15) is 11.5 Å². The van der Waals surface area contributed by atoms with Crippen LogP contribution in [0.25, 0.3) is 11.5 Å². The molecule has 0 spiro atoms. The zero-order chi connectivity index (χ0) is 12.2. The van der Waals surface area contributed by atoms with E-state index in [1.165, 1.54) is 0 Å². The highest BCUT2D eigenvalue weighted by Gasteiger charge is 2.03. The van der Waals surface area contributed by atoms with Gasteiger partial charge in [0, 0.05) is 6.20 Å². The monoisotopic (exact) mass is 237 g/mol. The molecule has 18 heavy (non-hydrogen) atoms. The Balaban J connectivity index is 1.88. The molecule has 3 aromatic heterocycles. The Kier molecular flexibility index (Phi) is 2.75. The number of pyridine rings is 2. The molecule has 0 aliphatic rings. The summed E-state index contributed by atoms with van der Waals surface area (Å²) in [5.41, 5.74) is 1.70. The number of anilines is 2. The molecule has 3 rings (SSSR count). The Morgan fingerprint density at radius 3 is 2.78 bits per heavy atom. The van der Waals surface area contributed by atoms with Crippen LogP contribution in [-0.4, -0.2) is 9.97 Å². The highest BCUT2D eigenvalue weighted by molar-refractivity contribution is 5.60. The van der Waals surface area contributed by atoms with E-state index in [9.17, 15) is 0 Å². The molecule has 4 heteroatoms. The molecule has 0 aliphatic heterocycles. The van der Waals surface area contributed by atoms with Crippen molar-refractivity contribution >= 4 is 11.5 Å². The van der Waals surface area contributed by atoms with E-state index in [0.29, 0.717) is 0 Å². The van der Waals surface area contributed by atoms with E-state index in [4.69, 9.17) is 4.42 Å². The van der Waals surface area contributed by atoms with Crippen molar-refractivity contribution in [2.75, 3.05) is 5.32 Å². The lowest BCUT2D eigenvalue weighted by Gasteiger charge is -2.05. The van der Waals surface area contributed by atoms with Crippen LogP contribution in [0.5, 0.6) is 0 Å². The molecule has 3 heterocycles. The summed E-state index contributed by atoms with van der Waals surface area (Å²) in [4.78, 5) is 8.52. The number of hydrogen-bond donors (Lipinski definition) is 1. The summed E-state index contributed by atoms with van der Waals surface area (Å²) in [6.45, 7) is 0. The van der Waals surface area contributed by atoms with Crippen molar-refractivity contribution in [3.05, 3.63) is 61.1 Å². The van der Waals surface area contributed by atoms with Gasteiger partial charge in [0.05, 0.1) is 18.1 Å². The summed E-state index contributed by atoms with van der Waals surface area (Å²) in [5.74, 6) is 1.52. The molecule has 1 N–H and O–H groups in total. The lowest BCUT2D eigenvalue weighted by molar-refractivity contribution is 0.580. The van der Waals surface area contributed by atoms with Crippen LogP contribution in [-0.2, 0) is 0 Å². The first-order valence-electron chi connectivity index (χ1n) is 5.60. The van der Waals surface area contributed by atoms with Crippen molar-refractivity contribution in [2.24, 2.45) is 0 Å². The Morgan fingerprint density at radius 1 is 1.00 bits per heavy atom. The van der Waals surface area contributed by atoms with E-state index in [1.54, 1.807) is 18.7 Å². The van der Waals surface area contributed by atoms with Gasteiger partial charge in [-0.15, -0.1) is 0 Å². The van der Waals surface area contributed by atoms with E-state index in [-0.39, 0.29) is 0 Å². The topological polar surface area (TPSA) is 51.0 Å². The van der Waals surface area contributed by atoms with E-state index >= 15 is 0 Å². The zero-order valence-electron chi connectivity index (χ0n) is 9.58. The summed E-state index contributed by atoms with van der Waals surface area (Å²) in [6.07, 6.45) is 5.12. The van der Waals surface area contributed by atoms with Gasteiger partial charge in [-0.2, -0.15) is 0 Å². The fourth-order valence-corrected chi connectivity index (χ4v) is 1.65. The van der Waals surface area contributed by atoms with Gasteiger partial charge in [0.15, 0.2) is 5.76 Å². The molecule has 0 aliphatic carbocycles. The summed E-state index contributed by atoms with van der Waals surface area (Å²) in [5, 5.41) is 3.19. The minimum absolute atomic E-state index is 0.754. The standard InChI is InChI=1S/C14H11N3O/c1-5-12(13-6-3-9-18-13)17-14(7-1)16-11-4-2-8-15-10-11/h1-10H,(H,16,17). The zero-order valence-corrected chi connectivity index (χ0v) is 9.58. The third kappa shape index (κ3) is 2.22. The van der Waals surface area contributed by atoms with Gasteiger partial charge in [-0.3, -0.25) is 4.98 Å². The quantitative estimate of drug-likeness (QED) is 0.757. The first-order chi connectivity index (χ1) is 8.92. The molecule has 0 aromatic carbocycles. The van der Waals surface area contributed by atoms with E-state index in [1.807, 2.05) is 42.5 Å². The normalized spacial score (nSPS) is 10.2. The van der Waals surface area contributed by atoms with Gasteiger partial charge < -0.3 is 9.73 Å². The van der Waals surface area contributed by atoms with Crippen molar-refractivity contribution < 1.29 is 4.42 Å². The Hall–Kier alpha value is -2.62. The van der Waals surface area contributed by atoms with Crippen LogP contribution in [0.1, 0.15) is 0 Å². The molecule has 0 saturated heterocycles. The second kappa shape index (κ2) is 4.71. The Morgan fingerprint density at radius 2 is 2.00 bits per heavy atom. The van der Waals surface area contributed by atoms with Crippen LogP contribution >= 0.6 is 0 Å². The van der Waals surface area contributed by atoms with Crippen molar-refractivity contribution in [1.82, 2.24) is 9.97 Å². The number of aromatic nitrogens is 2. The average molecular weight is 237 g/mol. The van der Waals surface area contributed by atoms with Crippen molar-refractivity contribution in [2.45, 2.75) is 0 Å². The second-order valence-electron chi connectivity index (χ2n) is 3.75. The van der Waals surface area contributed by atoms with Gasteiger partial charge >= 0.3 is 0 Å². The third-order valence-electron chi connectivity index (χ3n) is 2.46. The molecule has 0 unspecified atom stereocenters. The summed E-state index contributed by atoms with van der Waals surface area (Å²) < 4.78 is 5.32. The van der Waals surface area contributed by atoms with Gasteiger partial charge in [0.25, 0.3) is 0 Å². The fraction of sp³-hybridized carbons (Fsp3) is 0. The summed E-state index contributed by atoms with van der Waals surface area (Å²) >= 11 is 0. The van der Waals surface area contributed by atoms with Gasteiger partial charge in [-0.05, 0) is 36.4 Å². The Bertz CT molecular complexity index is 621. The van der Waals surface area contributed by atoms with E-state index in [0.717, 1.165) is 23.0 Å². The van der Waals surface area contributed by atoms with Gasteiger partial charge in [0.2, 0.25) is 0 Å². The highest BCUT2D eigenvalue weighted by Crippen LogP contribution is 2.20. The van der Waals surface area contributed by atoms with Gasteiger partial charge in [-0.1, -0.05) is 6.07 Å². The molecule has 0 bridgehead atoms. The number of hydrogen-bond acceptors (Lipinski definition) is 4. The molecule has 0 atom stereocenters. The lowest BCUT2D eigenvalue weighted by Crippen LogP contribution is -1.94. The highest BCUT2D eigenvalue weighted by atomic mass is 16.3. The van der Waals surface area contributed by atoms with Crippen LogP contribution in [0.3, 0.4) is 0 Å². The average Bonchev–Trinajstić information content (AvgIpc) is 2.94. The maximum Gasteiger partial charge on any atom is 0.152 e. The smallest absolute Gasteiger partial charge is 0.152 e. The summed E-state index contributed by atoms with van der Waals surface area (Å²) in [6, 6.07) is 13.3. The van der Waals surface area contributed by atoms with Crippen molar-refractivity contribution in [3.8, 4) is 11.5 Å². The van der Waals surface area contributed by atoms with Gasteiger partial charge in [-0.25, -0.2) is 4.98 Å². The van der Waals surface area contributed by atoms with E-state index < -0.39 is 0 Å². The number of nitrogens with one attached hydrogen (secondary N) is 1. The first-order valence-corrected chi connectivity index (χ1v) is 5.60. The van der Waals surface area contributed by atoms with Crippen LogP contribution in [0.2, 0.25) is 0 Å². The van der Waals surface area contributed by atoms with Crippen LogP contribution < -0.4 is 5.32 Å². The predicted molar refractivity (Wildman–Crippen MR) is 69.5 cm³/mol. The molecule has 0 radical (unpaired) electrons. The van der Waals surface area contributed by atoms with Crippen molar-refractivity contribution in [1.29, 1.82) is 0 Å². The number of furan rings is 1. The lowest BCUT2D eigenvalue weighted by atomic mass is 10.3. The molecule has 0 saturated carbocycles. The third-order valence-corrected chi connectivity index (χ3v) is 2.46.